The zero-order valence-electron chi connectivity index (χ0n) is 19.5. The molecular weight excluding hydrogens is 400 g/mol. The van der Waals surface area contributed by atoms with Crippen molar-refractivity contribution in [3.8, 4) is 0 Å². The van der Waals surface area contributed by atoms with Gasteiger partial charge in [0.2, 0.25) is 0 Å². The molecule has 7 nitrogen and oxygen atoms in total. The molecule has 0 aromatic rings. The van der Waals surface area contributed by atoms with Crippen molar-refractivity contribution in [3.05, 3.63) is 48.0 Å². The van der Waals surface area contributed by atoms with Gasteiger partial charge in [-0.1, -0.05) is 31.9 Å². The molecule has 1 saturated heterocycles. The van der Waals surface area contributed by atoms with E-state index >= 15 is 0 Å². The summed E-state index contributed by atoms with van der Waals surface area (Å²) >= 11 is 0. The molecule has 0 aromatic heterocycles. The van der Waals surface area contributed by atoms with Crippen LogP contribution in [-0.2, 0) is 4.74 Å². The maximum atomic E-state index is 8.49. The van der Waals surface area contributed by atoms with E-state index in [1.54, 1.807) is 24.3 Å². The predicted octanol–water partition coefficient (Wildman–Crippen LogP) is 3.30. The summed E-state index contributed by atoms with van der Waals surface area (Å²) in [6, 6.07) is 0.720. The highest BCUT2D eigenvalue weighted by Crippen LogP contribution is 2.40. The van der Waals surface area contributed by atoms with Gasteiger partial charge >= 0.3 is 0 Å². The molecule has 0 aromatic carbocycles. The molecule has 1 heterocycles. The van der Waals surface area contributed by atoms with Gasteiger partial charge in [-0.2, -0.15) is 0 Å². The molecule has 176 valence electrons. The van der Waals surface area contributed by atoms with Crippen LogP contribution in [0.2, 0.25) is 0 Å². The van der Waals surface area contributed by atoms with Crippen LogP contribution < -0.4 is 11.5 Å². The normalized spacial score (nSPS) is 23.1. The van der Waals surface area contributed by atoms with Gasteiger partial charge in [0.15, 0.2) is 0 Å². The van der Waals surface area contributed by atoms with Crippen LogP contribution in [0.5, 0.6) is 0 Å². The highest BCUT2D eigenvalue weighted by molar-refractivity contribution is 6.50. The van der Waals surface area contributed by atoms with Gasteiger partial charge < -0.3 is 21.1 Å². The number of nitrogens with one attached hydrogen (secondary N) is 2. The molecule has 0 radical (unpaired) electrons. The molecular formula is C25H40N6O. The van der Waals surface area contributed by atoms with E-state index in [4.69, 9.17) is 27.0 Å². The molecule has 0 bridgehead atoms. The average Bonchev–Trinajstić information content (AvgIpc) is 3.54. The summed E-state index contributed by atoms with van der Waals surface area (Å²) in [5, 5.41) is 16.9. The second-order valence-corrected chi connectivity index (χ2v) is 9.40. The van der Waals surface area contributed by atoms with Crippen LogP contribution in [-0.4, -0.2) is 65.6 Å². The fraction of sp³-hybridized carbons (Fsp3) is 0.600. The van der Waals surface area contributed by atoms with E-state index in [0.717, 1.165) is 45.1 Å². The van der Waals surface area contributed by atoms with Gasteiger partial charge in [0.05, 0.1) is 11.4 Å². The van der Waals surface area contributed by atoms with Gasteiger partial charge in [-0.05, 0) is 50.3 Å². The fourth-order valence-electron chi connectivity index (χ4n) is 4.47. The molecule has 3 aliphatic rings. The Morgan fingerprint density at radius 2 is 1.75 bits per heavy atom. The molecule has 2 saturated carbocycles. The Kier molecular flexibility index (Phi) is 8.32. The third kappa shape index (κ3) is 6.56. The summed E-state index contributed by atoms with van der Waals surface area (Å²) in [5.74, 6) is 1.16. The smallest absolute Gasteiger partial charge is 0.120 e. The fourth-order valence-corrected chi connectivity index (χ4v) is 4.47. The minimum absolute atomic E-state index is 0.0597. The minimum Gasteiger partial charge on any atom is -0.488 e. The lowest BCUT2D eigenvalue weighted by Crippen LogP contribution is -2.51. The standard InChI is InChI=1S/C25H40N6O/c1-3-7-21(32-25(2)10-11-25)16-19(18-26)24(29)22(27)17-23(28)31-14-12-30(13-15-31)20-8-5-4-6-9-20/h3,7,16-17,20,27,29H,1,4-6,8-15,18,26,28H2,2H3/b19-16+,21-7+,23-17+,27-22?,29-24?. The zero-order chi connectivity index (χ0) is 23.1. The van der Waals surface area contributed by atoms with Crippen LogP contribution in [0.3, 0.4) is 0 Å². The van der Waals surface area contributed by atoms with E-state index in [2.05, 4.69) is 23.3 Å². The first-order valence-corrected chi connectivity index (χ1v) is 11.9. The van der Waals surface area contributed by atoms with Crippen molar-refractivity contribution >= 4 is 11.4 Å². The van der Waals surface area contributed by atoms with Crippen LogP contribution in [0.1, 0.15) is 51.9 Å². The molecule has 1 aliphatic heterocycles. The second-order valence-electron chi connectivity index (χ2n) is 9.40. The number of hydrogen-bond acceptors (Lipinski definition) is 7. The Morgan fingerprint density at radius 1 is 1.09 bits per heavy atom. The Labute approximate surface area is 192 Å². The zero-order valence-corrected chi connectivity index (χ0v) is 19.5. The van der Waals surface area contributed by atoms with Gasteiger partial charge in [0, 0.05) is 44.8 Å². The average molecular weight is 441 g/mol. The quantitative estimate of drug-likeness (QED) is 0.236. The van der Waals surface area contributed by atoms with E-state index in [1.807, 2.05) is 0 Å². The summed E-state index contributed by atoms with van der Waals surface area (Å²) < 4.78 is 6.03. The van der Waals surface area contributed by atoms with E-state index in [9.17, 15) is 0 Å². The molecule has 3 fully saturated rings. The number of nitrogens with zero attached hydrogens (tertiary/aromatic N) is 2. The Balaban J connectivity index is 1.59. The molecule has 0 atom stereocenters. The maximum absolute atomic E-state index is 8.49. The van der Waals surface area contributed by atoms with Gasteiger partial charge in [-0.15, -0.1) is 0 Å². The summed E-state index contributed by atoms with van der Waals surface area (Å²) in [7, 11) is 0. The van der Waals surface area contributed by atoms with Crippen molar-refractivity contribution in [2.24, 2.45) is 11.5 Å². The first kappa shape index (κ1) is 24.3. The van der Waals surface area contributed by atoms with Crippen LogP contribution in [0.15, 0.2) is 48.0 Å². The molecule has 0 unspecified atom stereocenters. The third-order valence-corrected chi connectivity index (χ3v) is 6.79. The van der Waals surface area contributed by atoms with Crippen molar-refractivity contribution in [1.82, 2.24) is 9.80 Å². The first-order valence-electron chi connectivity index (χ1n) is 11.9. The summed E-state index contributed by atoms with van der Waals surface area (Å²) in [6.45, 7) is 9.67. The monoisotopic (exact) mass is 440 g/mol. The van der Waals surface area contributed by atoms with E-state index < -0.39 is 0 Å². The molecule has 2 aliphatic carbocycles. The van der Waals surface area contributed by atoms with Crippen molar-refractivity contribution in [2.75, 3.05) is 32.7 Å². The molecule has 0 spiro atoms. The van der Waals surface area contributed by atoms with Gasteiger partial charge in [-0.25, -0.2) is 0 Å². The Hall–Kier alpha value is -2.38. The lowest BCUT2D eigenvalue weighted by atomic mass is 9.94. The summed E-state index contributed by atoms with van der Waals surface area (Å²) in [6.07, 6.45) is 15.5. The number of ether oxygens (including phenoxy) is 1. The van der Waals surface area contributed by atoms with Crippen molar-refractivity contribution < 1.29 is 4.74 Å². The van der Waals surface area contributed by atoms with Crippen molar-refractivity contribution in [1.29, 1.82) is 10.8 Å². The van der Waals surface area contributed by atoms with Gasteiger partial charge in [0.1, 0.15) is 17.2 Å². The summed E-state index contributed by atoms with van der Waals surface area (Å²) in [4.78, 5) is 4.71. The largest absolute Gasteiger partial charge is 0.488 e. The van der Waals surface area contributed by atoms with Gasteiger partial charge in [-0.3, -0.25) is 15.7 Å². The predicted molar refractivity (Wildman–Crippen MR) is 132 cm³/mol. The molecule has 6 N–H and O–H groups in total. The van der Waals surface area contributed by atoms with Gasteiger partial charge in [0.25, 0.3) is 0 Å². The number of rotatable bonds is 10. The Morgan fingerprint density at radius 3 is 2.31 bits per heavy atom. The van der Waals surface area contributed by atoms with Crippen LogP contribution in [0.4, 0.5) is 0 Å². The molecule has 32 heavy (non-hydrogen) atoms. The minimum atomic E-state index is -0.148. The Bertz CT molecular complexity index is 793. The van der Waals surface area contributed by atoms with E-state index in [0.29, 0.717) is 17.2 Å². The molecule has 0 amide bonds. The molecule has 3 rings (SSSR count). The van der Waals surface area contributed by atoms with E-state index in [1.165, 1.54) is 32.1 Å². The number of nitrogens with two attached hydrogens (primary N) is 2. The molecule has 7 heteroatoms. The van der Waals surface area contributed by atoms with Crippen LogP contribution in [0.25, 0.3) is 0 Å². The van der Waals surface area contributed by atoms with Crippen LogP contribution >= 0.6 is 0 Å². The highest BCUT2D eigenvalue weighted by Gasteiger charge is 2.40. The second kappa shape index (κ2) is 11.0. The lowest BCUT2D eigenvalue weighted by Gasteiger charge is -2.41. The number of hydrogen-bond donors (Lipinski definition) is 4. The highest BCUT2D eigenvalue weighted by atomic mass is 16.5. The SMILES string of the molecule is C=C/C=C(\C=C(/CN)C(=N)C(=N)/C=C(\N)N1CCN(C2CCCCC2)CC1)OC1(C)CC1. The number of piperazine rings is 1. The number of allylic oxidation sites excluding steroid dienone is 4. The van der Waals surface area contributed by atoms with Crippen LogP contribution in [0, 0.1) is 10.8 Å². The topological polar surface area (TPSA) is 115 Å². The first-order chi connectivity index (χ1) is 15.3. The van der Waals surface area contributed by atoms with Crippen molar-refractivity contribution in [2.45, 2.75) is 63.5 Å². The third-order valence-electron chi connectivity index (χ3n) is 6.79. The van der Waals surface area contributed by atoms with E-state index in [-0.39, 0.29) is 23.6 Å². The lowest BCUT2D eigenvalue weighted by molar-refractivity contribution is 0.0937. The van der Waals surface area contributed by atoms with Crippen molar-refractivity contribution in [3.63, 3.8) is 0 Å². The maximum Gasteiger partial charge on any atom is 0.120 e. The summed E-state index contributed by atoms with van der Waals surface area (Å²) in [5.41, 5.74) is 12.8.